The highest BCUT2D eigenvalue weighted by Crippen LogP contribution is 2.47. The third-order valence-corrected chi connectivity index (χ3v) is 1.83. The van der Waals surface area contributed by atoms with Gasteiger partial charge in [0.05, 0.1) is 0 Å². The summed E-state index contributed by atoms with van der Waals surface area (Å²) in [7, 11) is 2.05. The number of nitrogens with zero attached hydrogens (tertiary/aromatic N) is 3. The molecule has 122 valence electrons. The van der Waals surface area contributed by atoms with Gasteiger partial charge < -0.3 is 10.6 Å². The molecule has 0 saturated carbocycles. The minimum atomic E-state index is -6.70. The van der Waals surface area contributed by atoms with Gasteiger partial charge in [0.15, 0.2) is 0 Å². The molecule has 0 heterocycles. The van der Waals surface area contributed by atoms with Crippen LogP contribution in [-0.2, 0) is 0 Å². The van der Waals surface area contributed by atoms with E-state index in [4.69, 9.17) is 11.1 Å². The molecule has 0 bridgehead atoms. The summed E-state index contributed by atoms with van der Waals surface area (Å²) in [6.07, 6.45) is -6.70. The molecule has 13 heteroatoms. The van der Waals surface area contributed by atoms with E-state index in [0.717, 1.165) is 14.1 Å². The average molecular weight is 327 g/mol. The van der Waals surface area contributed by atoms with E-state index in [1.54, 1.807) is 0 Å². The van der Waals surface area contributed by atoms with Crippen molar-refractivity contribution < 1.29 is 35.1 Å². The Morgan fingerprint density at radius 3 is 1.71 bits per heavy atom. The molecule has 0 spiro atoms. The van der Waals surface area contributed by atoms with Gasteiger partial charge in [0.1, 0.15) is 0 Å². The fourth-order valence-electron chi connectivity index (χ4n) is 0.798. The molecule has 0 aliphatic carbocycles. The van der Waals surface area contributed by atoms with Crippen LogP contribution in [-0.4, -0.2) is 54.9 Å². The Morgan fingerprint density at radius 2 is 1.43 bits per heavy atom. The zero-order valence-electron chi connectivity index (χ0n) is 10.4. The quantitative estimate of drug-likeness (QED) is 0.462. The summed E-state index contributed by atoms with van der Waals surface area (Å²) in [5, 5.41) is 6.70. The van der Waals surface area contributed by atoms with E-state index < -0.39 is 35.9 Å². The fourth-order valence-corrected chi connectivity index (χ4v) is 0.798. The minimum absolute atomic E-state index is 0.669. The normalized spacial score (nSPS) is 15.1. The van der Waals surface area contributed by atoms with Crippen molar-refractivity contribution in [3.8, 4) is 0 Å². The zero-order chi connectivity index (χ0) is 17.2. The number of rotatable bonds is 2. The van der Waals surface area contributed by atoms with Crippen molar-refractivity contribution in [1.29, 1.82) is 5.41 Å². The maximum absolute atomic E-state index is 13.1. The van der Waals surface area contributed by atoms with Crippen molar-refractivity contribution in [3.63, 3.8) is 0 Å². The van der Waals surface area contributed by atoms with Crippen LogP contribution in [0.5, 0.6) is 0 Å². The van der Waals surface area contributed by atoms with Crippen LogP contribution in [0.1, 0.15) is 0 Å². The van der Waals surface area contributed by atoms with Crippen LogP contribution in [0.2, 0.25) is 0 Å². The molecule has 21 heavy (non-hydrogen) atoms. The lowest BCUT2D eigenvalue weighted by atomic mass is 10.1. The first-order chi connectivity index (χ1) is 9.14. The molecular formula is C8H9F8N5. The van der Waals surface area contributed by atoms with Crippen LogP contribution in [0.15, 0.2) is 9.98 Å². The van der Waals surface area contributed by atoms with Crippen molar-refractivity contribution in [1.82, 2.24) is 4.90 Å². The molecule has 0 radical (unpaired) electrons. The number of nitrogens with two attached hydrogens (primary N) is 1. The second kappa shape index (κ2) is 5.81. The maximum Gasteiger partial charge on any atom is 0.460 e. The lowest BCUT2D eigenvalue weighted by molar-refractivity contribution is -0.337. The first kappa shape index (κ1) is 19.1. The first-order valence-corrected chi connectivity index (χ1v) is 4.81. The SMILES string of the molecule is CN(C)C(=N/C(=N)N)/N=C(\F)C(F)(F)C(F)(F)C(F)(F)F. The summed E-state index contributed by atoms with van der Waals surface area (Å²) < 4.78 is 99.6. The molecule has 5 nitrogen and oxygen atoms in total. The summed E-state index contributed by atoms with van der Waals surface area (Å²) in [5.74, 6) is -18.4. The molecule has 0 amide bonds. The first-order valence-electron chi connectivity index (χ1n) is 4.81. The van der Waals surface area contributed by atoms with E-state index in [0.29, 0.717) is 4.90 Å². The van der Waals surface area contributed by atoms with Crippen molar-refractivity contribution in [2.24, 2.45) is 15.7 Å². The predicted octanol–water partition coefficient (Wildman–Crippen LogP) is 2.00. The highest BCUT2D eigenvalue weighted by Gasteiger charge is 2.75. The van der Waals surface area contributed by atoms with E-state index >= 15 is 0 Å². The van der Waals surface area contributed by atoms with Gasteiger partial charge in [-0.1, -0.05) is 0 Å². The molecule has 0 aromatic rings. The van der Waals surface area contributed by atoms with Gasteiger partial charge in [0.25, 0.3) is 5.97 Å². The maximum atomic E-state index is 13.1. The molecule has 0 aromatic heterocycles. The number of guanidine groups is 2. The van der Waals surface area contributed by atoms with Crippen LogP contribution in [0.4, 0.5) is 35.1 Å². The van der Waals surface area contributed by atoms with Gasteiger partial charge in [-0.15, -0.1) is 0 Å². The molecule has 0 rings (SSSR count). The molecule has 0 aliphatic rings. The second-order valence-electron chi connectivity index (χ2n) is 3.74. The molecule has 0 atom stereocenters. The Hall–Kier alpha value is -1.95. The highest BCUT2D eigenvalue weighted by atomic mass is 19.4. The number of aliphatic imine (C=N–C) groups is 2. The monoisotopic (exact) mass is 327 g/mol. The largest absolute Gasteiger partial charge is 0.460 e. The van der Waals surface area contributed by atoms with Crippen LogP contribution >= 0.6 is 0 Å². The number of alkyl halides is 7. The van der Waals surface area contributed by atoms with Crippen molar-refractivity contribution in [3.05, 3.63) is 0 Å². The van der Waals surface area contributed by atoms with E-state index in [2.05, 4.69) is 9.98 Å². The standard InChI is InChI=1S/C8H9F8N5/c1-21(2)5(20-4(17)18)19-3(9)6(10,11)7(12,13)8(14,15)16/h1-2H3,(H3,17,18)/b19-3-,20-5+. The minimum Gasteiger partial charge on any atom is -0.368 e. The summed E-state index contributed by atoms with van der Waals surface area (Å²) >= 11 is 0. The third-order valence-electron chi connectivity index (χ3n) is 1.83. The van der Waals surface area contributed by atoms with E-state index in [-0.39, 0.29) is 0 Å². The third kappa shape index (κ3) is 4.01. The number of nitrogens with one attached hydrogen (secondary N) is 1. The van der Waals surface area contributed by atoms with Crippen LogP contribution in [0, 0.1) is 5.41 Å². The van der Waals surface area contributed by atoms with Gasteiger partial charge in [-0.3, -0.25) is 5.41 Å². The fraction of sp³-hybridized carbons (Fsp3) is 0.625. The Bertz CT molecular complexity index is 464. The summed E-state index contributed by atoms with van der Waals surface area (Å²) in [6, 6.07) is 0. The van der Waals surface area contributed by atoms with Crippen LogP contribution < -0.4 is 5.73 Å². The molecule has 0 aromatic carbocycles. The van der Waals surface area contributed by atoms with Crippen molar-refractivity contribution in [2.75, 3.05) is 14.1 Å². The highest BCUT2D eigenvalue weighted by molar-refractivity contribution is 6.00. The van der Waals surface area contributed by atoms with Crippen LogP contribution in [0.25, 0.3) is 0 Å². The molecule has 0 saturated heterocycles. The number of hydrogen-bond donors (Lipinski definition) is 2. The van der Waals surface area contributed by atoms with Gasteiger partial charge >= 0.3 is 18.0 Å². The van der Waals surface area contributed by atoms with Crippen LogP contribution in [0.3, 0.4) is 0 Å². The average Bonchev–Trinajstić information content (AvgIpc) is 2.25. The Balaban J connectivity index is 5.83. The van der Waals surface area contributed by atoms with Gasteiger partial charge in [-0.2, -0.15) is 45.1 Å². The summed E-state index contributed by atoms with van der Waals surface area (Å²) in [5.41, 5.74) is 4.73. The second-order valence-corrected chi connectivity index (χ2v) is 3.74. The van der Waals surface area contributed by atoms with Gasteiger partial charge in [-0.25, -0.2) is 0 Å². The molecule has 0 unspecified atom stereocenters. The molecule has 0 aliphatic heterocycles. The van der Waals surface area contributed by atoms with E-state index in [1.807, 2.05) is 0 Å². The van der Waals surface area contributed by atoms with Gasteiger partial charge in [0, 0.05) is 14.1 Å². The predicted molar refractivity (Wildman–Crippen MR) is 57.5 cm³/mol. The van der Waals surface area contributed by atoms with Gasteiger partial charge in [0.2, 0.25) is 11.9 Å². The summed E-state index contributed by atoms with van der Waals surface area (Å²) in [4.78, 5) is 5.80. The smallest absolute Gasteiger partial charge is 0.368 e. The number of halogens is 8. The number of hydrogen-bond acceptors (Lipinski definition) is 1. The molecule has 0 fully saturated rings. The topological polar surface area (TPSA) is 77.8 Å². The Morgan fingerprint density at radius 1 is 1.00 bits per heavy atom. The van der Waals surface area contributed by atoms with Crippen molar-refractivity contribution in [2.45, 2.75) is 18.0 Å². The lowest BCUT2D eigenvalue weighted by Gasteiger charge is -2.26. The summed E-state index contributed by atoms with van der Waals surface area (Å²) in [6.45, 7) is 0. The molecular weight excluding hydrogens is 318 g/mol. The Labute approximate surface area is 112 Å². The lowest BCUT2D eigenvalue weighted by Crippen LogP contribution is -2.55. The van der Waals surface area contributed by atoms with E-state index in [9.17, 15) is 35.1 Å². The Kier molecular flexibility index (Phi) is 5.27. The van der Waals surface area contributed by atoms with E-state index in [1.165, 1.54) is 0 Å². The zero-order valence-corrected chi connectivity index (χ0v) is 10.4. The van der Waals surface area contributed by atoms with Crippen molar-refractivity contribution >= 4 is 17.9 Å². The molecule has 3 N–H and O–H groups in total. The van der Waals surface area contributed by atoms with Gasteiger partial charge in [-0.05, 0) is 0 Å².